The van der Waals surface area contributed by atoms with E-state index in [2.05, 4.69) is 10.4 Å². The highest BCUT2D eigenvalue weighted by Gasteiger charge is 2.12. The van der Waals surface area contributed by atoms with Gasteiger partial charge in [-0.2, -0.15) is 9.36 Å². The molecule has 1 aromatic heterocycles. The third kappa shape index (κ3) is 2.30. The zero-order chi connectivity index (χ0) is 12.4. The number of nitrogen functional groups attached to an aromatic ring is 1. The zero-order valence-electron chi connectivity index (χ0n) is 8.62. The maximum absolute atomic E-state index is 12.1. The van der Waals surface area contributed by atoms with E-state index in [4.69, 9.17) is 5.73 Å². The predicted molar refractivity (Wildman–Crippen MR) is 56.0 cm³/mol. The van der Waals surface area contributed by atoms with E-state index in [-0.39, 0.29) is 0 Å². The Kier molecular flexibility index (Phi) is 2.86. The number of benzene rings is 1. The highest BCUT2D eigenvalue weighted by Crippen LogP contribution is 2.07. The molecule has 1 heterocycles. The first-order chi connectivity index (χ1) is 8.08. The van der Waals surface area contributed by atoms with Crippen LogP contribution in [-0.2, 0) is 6.54 Å². The summed E-state index contributed by atoms with van der Waals surface area (Å²) in [6.45, 7) is -0.770. The van der Waals surface area contributed by atoms with Gasteiger partial charge in [-0.3, -0.25) is 0 Å². The van der Waals surface area contributed by atoms with E-state index in [0.717, 1.165) is 4.68 Å². The SMILES string of the molecule is Nc1ccc(-n2nnn(CC(F)F)c2=O)cc1. The van der Waals surface area contributed by atoms with Crippen LogP contribution in [0.25, 0.3) is 5.69 Å². The van der Waals surface area contributed by atoms with E-state index in [1.165, 1.54) is 0 Å². The molecule has 0 bridgehead atoms. The van der Waals surface area contributed by atoms with Gasteiger partial charge >= 0.3 is 5.69 Å². The molecule has 2 rings (SSSR count). The summed E-state index contributed by atoms with van der Waals surface area (Å²) in [6.07, 6.45) is -2.65. The highest BCUT2D eigenvalue weighted by molar-refractivity contribution is 5.44. The first kappa shape index (κ1) is 11.2. The van der Waals surface area contributed by atoms with Crippen LogP contribution in [0.2, 0.25) is 0 Å². The lowest BCUT2D eigenvalue weighted by atomic mass is 10.3. The van der Waals surface area contributed by atoms with Crippen molar-refractivity contribution in [2.24, 2.45) is 0 Å². The molecule has 0 fully saturated rings. The molecular formula is C9H9F2N5O. The average molecular weight is 241 g/mol. The van der Waals surface area contributed by atoms with Gasteiger partial charge in [0.1, 0.15) is 6.54 Å². The summed E-state index contributed by atoms with van der Waals surface area (Å²) in [6, 6.07) is 6.26. The fraction of sp³-hybridized carbons (Fsp3) is 0.222. The van der Waals surface area contributed by atoms with Gasteiger partial charge in [0.05, 0.1) is 5.69 Å². The summed E-state index contributed by atoms with van der Waals surface area (Å²) >= 11 is 0. The van der Waals surface area contributed by atoms with Crippen molar-refractivity contribution >= 4 is 5.69 Å². The molecule has 6 nitrogen and oxygen atoms in total. The Morgan fingerprint density at radius 3 is 2.47 bits per heavy atom. The number of aromatic nitrogens is 4. The number of halogens is 2. The number of tetrazole rings is 1. The minimum absolute atomic E-state index is 0.421. The predicted octanol–water partition coefficient (Wildman–Crippen LogP) is 0.276. The maximum atomic E-state index is 12.1. The van der Waals surface area contributed by atoms with Crippen LogP contribution in [0.1, 0.15) is 0 Å². The summed E-state index contributed by atoms with van der Waals surface area (Å²) in [4.78, 5) is 11.6. The molecule has 0 aliphatic carbocycles. The van der Waals surface area contributed by atoms with Gasteiger partial charge in [-0.05, 0) is 34.7 Å². The zero-order valence-corrected chi connectivity index (χ0v) is 8.62. The first-order valence-corrected chi connectivity index (χ1v) is 4.75. The van der Waals surface area contributed by atoms with E-state index >= 15 is 0 Å². The molecule has 0 unspecified atom stereocenters. The van der Waals surface area contributed by atoms with Crippen LogP contribution < -0.4 is 11.4 Å². The summed E-state index contributed by atoms with van der Waals surface area (Å²) < 4.78 is 25.8. The van der Waals surface area contributed by atoms with Crippen molar-refractivity contribution in [2.45, 2.75) is 13.0 Å². The number of nitrogens with two attached hydrogens (primary N) is 1. The Morgan fingerprint density at radius 2 is 1.88 bits per heavy atom. The smallest absolute Gasteiger partial charge is 0.368 e. The minimum atomic E-state index is -2.65. The third-order valence-electron chi connectivity index (χ3n) is 2.09. The fourth-order valence-corrected chi connectivity index (χ4v) is 1.30. The van der Waals surface area contributed by atoms with E-state index in [9.17, 15) is 13.6 Å². The van der Waals surface area contributed by atoms with Crippen molar-refractivity contribution in [1.82, 2.24) is 19.8 Å². The Bertz CT molecular complexity index is 560. The first-order valence-electron chi connectivity index (χ1n) is 4.75. The van der Waals surface area contributed by atoms with Gasteiger partial charge in [0.2, 0.25) is 0 Å². The molecule has 90 valence electrons. The van der Waals surface area contributed by atoms with Crippen molar-refractivity contribution in [3.05, 3.63) is 34.7 Å². The lowest BCUT2D eigenvalue weighted by Gasteiger charge is -1.98. The largest absolute Gasteiger partial charge is 0.399 e. The quantitative estimate of drug-likeness (QED) is 0.782. The average Bonchev–Trinajstić information content (AvgIpc) is 2.61. The molecule has 0 amide bonds. The number of rotatable bonds is 3. The van der Waals surface area contributed by atoms with Crippen LogP contribution in [0.5, 0.6) is 0 Å². The molecule has 2 N–H and O–H groups in total. The molecule has 0 saturated carbocycles. The normalized spacial score (nSPS) is 11.0. The molecule has 1 aromatic carbocycles. The van der Waals surface area contributed by atoms with Crippen LogP contribution in [0.4, 0.5) is 14.5 Å². The molecule has 0 spiro atoms. The van der Waals surface area contributed by atoms with Crippen molar-refractivity contribution in [3.8, 4) is 5.69 Å². The lowest BCUT2D eigenvalue weighted by molar-refractivity contribution is 0.119. The summed E-state index contributed by atoms with van der Waals surface area (Å²) in [5, 5.41) is 6.87. The molecule has 17 heavy (non-hydrogen) atoms. The summed E-state index contributed by atoms with van der Waals surface area (Å²) in [5.41, 5.74) is 5.72. The van der Waals surface area contributed by atoms with Crippen LogP contribution in [-0.4, -0.2) is 26.2 Å². The minimum Gasteiger partial charge on any atom is -0.399 e. The van der Waals surface area contributed by atoms with E-state index in [1.807, 2.05) is 0 Å². The number of hydrogen-bond donors (Lipinski definition) is 1. The highest BCUT2D eigenvalue weighted by atomic mass is 19.3. The molecule has 0 aliphatic rings. The van der Waals surface area contributed by atoms with Gasteiger partial charge in [0.25, 0.3) is 6.43 Å². The van der Waals surface area contributed by atoms with E-state index in [0.29, 0.717) is 16.1 Å². The maximum Gasteiger partial charge on any atom is 0.368 e. The second-order valence-corrected chi connectivity index (χ2v) is 3.34. The van der Waals surface area contributed by atoms with Gasteiger partial charge in [0, 0.05) is 5.69 Å². The Labute approximate surface area is 94.2 Å². The Hall–Kier alpha value is -2.25. The second-order valence-electron chi connectivity index (χ2n) is 3.34. The molecule has 0 radical (unpaired) electrons. The number of hydrogen-bond acceptors (Lipinski definition) is 4. The Balaban J connectivity index is 2.37. The van der Waals surface area contributed by atoms with Gasteiger partial charge < -0.3 is 5.73 Å². The second kappa shape index (κ2) is 4.32. The van der Waals surface area contributed by atoms with Gasteiger partial charge in [-0.15, -0.1) is 0 Å². The standard InChI is InChI=1S/C9H9F2N5O/c10-8(11)5-15-9(17)16(14-13-15)7-3-1-6(12)2-4-7/h1-4,8H,5,12H2. The molecule has 8 heteroatoms. The van der Waals surface area contributed by atoms with E-state index < -0.39 is 18.7 Å². The number of anilines is 1. The van der Waals surface area contributed by atoms with Crippen molar-refractivity contribution < 1.29 is 8.78 Å². The monoisotopic (exact) mass is 241 g/mol. The number of nitrogens with zero attached hydrogens (tertiary/aromatic N) is 4. The van der Waals surface area contributed by atoms with Gasteiger partial charge in [-0.25, -0.2) is 13.6 Å². The van der Waals surface area contributed by atoms with Crippen molar-refractivity contribution in [3.63, 3.8) is 0 Å². The van der Waals surface area contributed by atoms with Crippen molar-refractivity contribution in [1.29, 1.82) is 0 Å². The van der Waals surface area contributed by atoms with Crippen LogP contribution >= 0.6 is 0 Å². The topological polar surface area (TPSA) is 78.7 Å². The summed E-state index contributed by atoms with van der Waals surface area (Å²) in [7, 11) is 0. The molecule has 0 atom stereocenters. The van der Waals surface area contributed by atoms with Gasteiger partial charge in [-0.1, -0.05) is 0 Å². The Morgan fingerprint density at radius 1 is 1.24 bits per heavy atom. The molecular weight excluding hydrogens is 232 g/mol. The third-order valence-corrected chi connectivity index (χ3v) is 2.09. The molecule has 0 aliphatic heterocycles. The molecule has 2 aromatic rings. The lowest BCUT2D eigenvalue weighted by Crippen LogP contribution is -2.26. The number of alkyl halides is 2. The van der Waals surface area contributed by atoms with E-state index in [1.54, 1.807) is 24.3 Å². The van der Waals surface area contributed by atoms with Crippen LogP contribution in [0.15, 0.2) is 29.1 Å². The van der Waals surface area contributed by atoms with Gasteiger partial charge in [0.15, 0.2) is 0 Å². The summed E-state index contributed by atoms with van der Waals surface area (Å²) in [5.74, 6) is 0. The van der Waals surface area contributed by atoms with Crippen LogP contribution in [0, 0.1) is 0 Å². The fourth-order valence-electron chi connectivity index (χ4n) is 1.30. The molecule has 0 saturated heterocycles. The van der Waals surface area contributed by atoms with Crippen LogP contribution in [0.3, 0.4) is 0 Å². The van der Waals surface area contributed by atoms with Crippen molar-refractivity contribution in [2.75, 3.05) is 5.73 Å².